The minimum Gasteiger partial charge on any atom is -0.311 e. The second-order valence-corrected chi connectivity index (χ2v) is 6.11. The van der Waals surface area contributed by atoms with Crippen molar-refractivity contribution in [2.45, 2.75) is 57.5 Å². The van der Waals surface area contributed by atoms with Gasteiger partial charge in [0.15, 0.2) is 0 Å². The van der Waals surface area contributed by atoms with Crippen LogP contribution in [0.25, 0.3) is 0 Å². The topological polar surface area (TPSA) is 15.3 Å². The van der Waals surface area contributed by atoms with Crippen LogP contribution >= 0.6 is 0 Å². The maximum atomic E-state index is 3.82. The highest BCUT2D eigenvalue weighted by Gasteiger charge is 2.41. The van der Waals surface area contributed by atoms with Gasteiger partial charge in [0, 0.05) is 25.2 Å². The number of nitrogens with zero attached hydrogens (tertiary/aromatic N) is 1. The maximum Gasteiger partial charge on any atom is 0.0249 e. The largest absolute Gasteiger partial charge is 0.311 e. The van der Waals surface area contributed by atoms with E-state index >= 15 is 0 Å². The van der Waals surface area contributed by atoms with Gasteiger partial charge in [-0.2, -0.15) is 0 Å². The maximum absolute atomic E-state index is 3.82. The van der Waals surface area contributed by atoms with E-state index in [9.17, 15) is 0 Å². The lowest BCUT2D eigenvalue weighted by Gasteiger charge is -2.41. The Labute approximate surface area is 99.8 Å². The van der Waals surface area contributed by atoms with Crippen molar-refractivity contribution in [3.05, 3.63) is 0 Å². The molecule has 1 heterocycles. The Kier molecular flexibility index (Phi) is 3.21. The van der Waals surface area contributed by atoms with Crippen molar-refractivity contribution in [3.8, 4) is 0 Å². The molecule has 0 aromatic rings. The summed E-state index contributed by atoms with van der Waals surface area (Å²) in [5.74, 6) is 2.05. The highest BCUT2D eigenvalue weighted by molar-refractivity contribution is 4.98. The molecule has 3 fully saturated rings. The van der Waals surface area contributed by atoms with E-state index in [1.807, 2.05) is 0 Å². The summed E-state index contributed by atoms with van der Waals surface area (Å²) >= 11 is 0. The molecule has 1 saturated heterocycles. The van der Waals surface area contributed by atoms with Gasteiger partial charge in [-0.25, -0.2) is 0 Å². The molecule has 1 aliphatic heterocycles. The van der Waals surface area contributed by atoms with Gasteiger partial charge in [-0.15, -0.1) is 0 Å². The fraction of sp³-hybridized carbons (Fsp3) is 1.00. The Morgan fingerprint density at radius 2 is 1.88 bits per heavy atom. The third kappa shape index (κ3) is 2.43. The highest BCUT2D eigenvalue weighted by atomic mass is 15.2. The van der Waals surface area contributed by atoms with E-state index in [1.54, 1.807) is 0 Å². The lowest BCUT2D eigenvalue weighted by atomic mass is 10.0. The van der Waals surface area contributed by atoms with E-state index in [-0.39, 0.29) is 0 Å². The summed E-state index contributed by atoms with van der Waals surface area (Å²) in [7, 11) is 0. The molecule has 0 aromatic carbocycles. The standard InChI is InChI=1S/C14H26N2/c1-2-3-8-16-10-13(11-4-5-11)15-9-14(16)12-6-7-12/h11-15H,2-10H2,1H3. The lowest BCUT2D eigenvalue weighted by Crippen LogP contribution is -2.58. The smallest absolute Gasteiger partial charge is 0.0249 e. The number of hydrogen-bond acceptors (Lipinski definition) is 2. The van der Waals surface area contributed by atoms with E-state index in [4.69, 9.17) is 0 Å². The molecule has 3 aliphatic rings. The molecule has 2 unspecified atom stereocenters. The molecule has 0 radical (unpaired) electrons. The molecule has 0 spiro atoms. The van der Waals surface area contributed by atoms with Gasteiger partial charge in [-0.05, 0) is 50.5 Å². The Bertz CT molecular complexity index is 233. The molecule has 3 rings (SSSR count). The molecular formula is C14H26N2. The summed E-state index contributed by atoms with van der Waals surface area (Å²) in [5.41, 5.74) is 0. The van der Waals surface area contributed by atoms with Crippen LogP contribution in [0.15, 0.2) is 0 Å². The Hall–Kier alpha value is -0.0800. The first-order valence-electron chi connectivity index (χ1n) is 7.36. The molecule has 2 nitrogen and oxygen atoms in total. The minimum atomic E-state index is 0.826. The molecule has 2 aliphatic carbocycles. The average molecular weight is 222 g/mol. The SMILES string of the molecule is CCCCN1CC(C2CC2)NCC1C1CC1. The van der Waals surface area contributed by atoms with Crippen LogP contribution in [0.2, 0.25) is 0 Å². The monoisotopic (exact) mass is 222 g/mol. The fourth-order valence-corrected chi connectivity index (χ4v) is 3.23. The van der Waals surface area contributed by atoms with Crippen LogP contribution in [0.5, 0.6) is 0 Å². The zero-order valence-corrected chi connectivity index (χ0v) is 10.6. The summed E-state index contributed by atoms with van der Waals surface area (Å²) in [5, 5.41) is 3.82. The molecule has 1 N–H and O–H groups in total. The number of nitrogens with one attached hydrogen (secondary N) is 1. The first kappa shape index (κ1) is 11.0. The van der Waals surface area contributed by atoms with E-state index < -0.39 is 0 Å². The van der Waals surface area contributed by atoms with Crippen molar-refractivity contribution in [1.82, 2.24) is 10.2 Å². The van der Waals surface area contributed by atoms with E-state index in [0.29, 0.717) is 0 Å². The van der Waals surface area contributed by atoms with Gasteiger partial charge in [0.1, 0.15) is 0 Å². The number of rotatable bonds is 5. The van der Waals surface area contributed by atoms with Gasteiger partial charge in [-0.1, -0.05) is 13.3 Å². The molecule has 16 heavy (non-hydrogen) atoms. The molecule has 0 aromatic heterocycles. The summed E-state index contributed by atoms with van der Waals surface area (Å²) in [6.07, 6.45) is 8.67. The molecular weight excluding hydrogens is 196 g/mol. The number of hydrogen-bond donors (Lipinski definition) is 1. The Morgan fingerprint density at radius 1 is 1.12 bits per heavy atom. The highest BCUT2D eigenvalue weighted by Crippen LogP contribution is 2.39. The van der Waals surface area contributed by atoms with Gasteiger partial charge in [-0.3, -0.25) is 4.90 Å². The van der Waals surface area contributed by atoms with Crippen molar-refractivity contribution in [3.63, 3.8) is 0 Å². The summed E-state index contributed by atoms with van der Waals surface area (Å²) < 4.78 is 0. The molecule has 2 heteroatoms. The van der Waals surface area contributed by atoms with Crippen LogP contribution < -0.4 is 5.32 Å². The third-order valence-corrected chi connectivity index (χ3v) is 4.65. The van der Waals surface area contributed by atoms with Gasteiger partial charge in [0.2, 0.25) is 0 Å². The first-order valence-corrected chi connectivity index (χ1v) is 7.36. The fourth-order valence-electron chi connectivity index (χ4n) is 3.23. The first-order chi connectivity index (χ1) is 7.88. The predicted molar refractivity (Wildman–Crippen MR) is 67.5 cm³/mol. The molecule has 2 atom stereocenters. The van der Waals surface area contributed by atoms with Crippen molar-refractivity contribution in [2.24, 2.45) is 11.8 Å². The Morgan fingerprint density at radius 3 is 2.50 bits per heavy atom. The van der Waals surface area contributed by atoms with Crippen molar-refractivity contribution in [2.75, 3.05) is 19.6 Å². The van der Waals surface area contributed by atoms with Crippen LogP contribution in [-0.2, 0) is 0 Å². The second kappa shape index (κ2) is 4.66. The molecule has 0 amide bonds. The van der Waals surface area contributed by atoms with E-state index in [0.717, 1.165) is 23.9 Å². The molecule has 2 saturated carbocycles. The zero-order valence-electron chi connectivity index (χ0n) is 10.6. The minimum absolute atomic E-state index is 0.826. The van der Waals surface area contributed by atoms with E-state index in [2.05, 4.69) is 17.1 Å². The van der Waals surface area contributed by atoms with E-state index in [1.165, 1.54) is 58.2 Å². The van der Waals surface area contributed by atoms with Crippen LogP contribution in [0.4, 0.5) is 0 Å². The van der Waals surface area contributed by atoms with Crippen LogP contribution in [0.1, 0.15) is 45.4 Å². The quantitative estimate of drug-likeness (QED) is 0.767. The van der Waals surface area contributed by atoms with Gasteiger partial charge < -0.3 is 5.32 Å². The lowest BCUT2D eigenvalue weighted by molar-refractivity contribution is 0.106. The van der Waals surface area contributed by atoms with Gasteiger partial charge in [0.25, 0.3) is 0 Å². The van der Waals surface area contributed by atoms with Crippen molar-refractivity contribution >= 4 is 0 Å². The summed E-state index contributed by atoms with van der Waals surface area (Å²) in [6.45, 7) is 6.27. The second-order valence-electron chi connectivity index (χ2n) is 6.11. The summed E-state index contributed by atoms with van der Waals surface area (Å²) in [6, 6.07) is 1.70. The van der Waals surface area contributed by atoms with Crippen LogP contribution in [0.3, 0.4) is 0 Å². The molecule has 0 bridgehead atoms. The van der Waals surface area contributed by atoms with Gasteiger partial charge in [0.05, 0.1) is 0 Å². The number of piperazine rings is 1. The molecule has 92 valence electrons. The third-order valence-electron chi connectivity index (χ3n) is 4.65. The normalized spacial score (nSPS) is 36.6. The van der Waals surface area contributed by atoms with Crippen LogP contribution in [-0.4, -0.2) is 36.6 Å². The van der Waals surface area contributed by atoms with Crippen LogP contribution in [0, 0.1) is 11.8 Å². The summed E-state index contributed by atoms with van der Waals surface area (Å²) in [4.78, 5) is 2.82. The average Bonchev–Trinajstić information content (AvgIpc) is 3.19. The van der Waals surface area contributed by atoms with Gasteiger partial charge >= 0.3 is 0 Å². The predicted octanol–water partition coefficient (Wildman–Crippen LogP) is 2.25. The van der Waals surface area contributed by atoms with Crippen molar-refractivity contribution < 1.29 is 0 Å². The number of unbranched alkanes of at least 4 members (excludes halogenated alkanes) is 1. The Balaban J connectivity index is 1.57. The zero-order chi connectivity index (χ0) is 11.0. The van der Waals surface area contributed by atoms with Crippen molar-refractivity contribution in [1.29, 1.82) is 0 Å².